The smallest absolute Gasteiger partial charge is 0.269 e. The van der Waals surface area contributed by atoms with Crippen LogP contribution in [0.5, 0.6) is 0 Å². The number of fused-ring (bicyclic) bond motifs is 2. The standard InChI is InChI=1S/C20H27N5O3/c1-13-11-19(2,28-23-13)18(27)24-9-6-20(7-10-24)16-15(21-12-22-16)5-8-25(20)17(26)14-3-4-14/h12,14H,3-11H2,1-2H3,(H,21,22)/t19-/m1/s1. The molecule has 1 saturated heterocycles. The van der Waals surface area contributed by atoms with Gasteiger partial charge in [-0.1, -0.05) is 5.16 Å². The van der Waals surface area contributed by atoms with E-state index in [9.17, 15) is 9.59 Å². The van der Waals surface area contributed by atoms with Crippen molar-refractivity contribution in [2.45, 2.75) is 63.5 Å². The van der Waals surface area contributed by atoms with Gasteiger partial charge in [-0.2, -0.15) is 0 Å². The second-order valence-corrected chi connectivity index (χ2v) is 8.89. The van der Waals surface area contributed by atoms with Crippen LogP contribution in [0.4, 0.5) is 0 Å². The zero-order chi connectivity index (χ0) is 19.5. The number of nitrogens with zero attached hydrogens (tertiary/aromatic N) is 4. The lowest BCUT2D eigenvalue weighted by atomic mass is 9.78. The van der Waals surface area contributed by atoms with Gasteiger partial charge in [0.05, 0.1) is 23.3 Å². The number of hydrogen-bond donors (Lipinski definition) is 1. The number of aromatic nitrogens is 2. The molecule has 1 aliphatic carbocycles. The first-order chi connectivity index (χ1) is 13.4. The lowest BCUT2D eigenvalue weighted by molar-refractivity contribution is -0.158. The zero-order valence-corrected chi connectivity index (χ0v) is 16.5. The lowest BCUT2D eigenvalue weighted by Crippen LogP contribution is -2.60. The van der Waals surface area contributed by atoms with Gasteiger partial charge in [-0.25, -0.2) is 4.98 Å². The van der Waals surface area contributed by atoms with Crippen LogP contribution in [0.2, 0.25) is 0 Å². The van der Waals surface area contributed by atoms with Crippen LogP contribution >= 0.6 is 0 Å². The maximum atomic E-state index is 13.1. The van der Waals surface area contributed by atoms with Gasteiger partial charge in [-0.05, 0) is 39.5 Å². The molecule has 1 spiro atoms. The Hall–Kier alpha value is -2.38. The average molecular weight is 385 g/mol. The molecular formula is C20H27N5O3. The van der Waals surface area contributed by atoms with Crippen molar-refractivity contribution < 1.29 is 14.4 Å². The molecule has 4 heterocycles. The van der Waals surface area contributed by atoms with Crippen LogP contribution in [0.25, 0.3) is 0 Å². The van der Waals surface area contributed by atoms with E-state index in [2.05, 4.69) is 20.0 Å². The molecule has 1 aromatic rings. The van der Waals surface area contributed by atoms with E-state index in [-0.39, 0.29) is 17.7 Å². The summed E-state index contributed by atoms with van der Waals surface area (Å²) < 4.78 is 0. The molecule has 2 amide bonds. The summed E-state index contributed by atoms with van der Waals surface area (Å²) in [6, 6.07) is 0. The van der Waals surface area contributed by atoms with E-state index in [1.165, 1.54) is 0 Å². The van der Waals surface area contributed by atoms with Gasteiger partial charge < -0.3 is 19.6 Å². The van der Waals surface area contributed by atoms with Crippen molar-refractivity contribution in [3.63, 3.8) is 0 Å². The molecule has 3 aliphatic heterocycles. The second-order valence-electron chi connectivity index (χ2n) is 8.89. The Labute approximate surface area is 164 Å². The molecule has 8 nitrogen and oxygen atoms in total. The first-order valence-electron chi connectivity index (χ1n) is 10.3. The minimum Gasteiger partial charge on any atom is -0.379 e. The number of H-pyrrole nitrogens is 1. The van der Waals surface area contributed by atoms with Gasteiger partial charge in [-0.15, -0.1) is 0 Å². The fourth-order valence-electron chi connectivity index (χ4n) is 5.12. The van der Waals surface area contributed by atoms with Crippen molar-refractivity contribution in [3.05, 3.63) is 17.7 Å². The van der Waals surface area contributed by atoms with Gasteiger partial charge in [0.2, 0.25) is 11.5 Å². The van der Waals surface area contributed by atoms with Gasteiger partial charge in [0.25, 0.3) is 5.91 Å². The van der Waals surface area contributed by atoms with Gasteiger partial charge >= 0.3 is 0 Å². The lowest BCUT2D eigenvalue weighted by Gasteiger charge is -2.51. The minimum atomic E-state index is -0.901. The summed E-state index contributed by atoms with van der Waals surface area (Å²) >= 11 is 0. The Morgan fingerprint density at radius 3 is 2.64 bits per heavy atom. The molecule has 2 fully saturated rings. The van der Waals surface area contributed by atoms with Crippen LogP contribution < -0.4 is 0 Å². The summed E-state index contributed by atoms with van der Waals surface area (Å²) in [5.41, 5.74) is 1.69. The largest absolute Gasteiger partial charge is 0.379 e. The number of aromatic amines is 1. The number of hydrogen-bond acceptors (Lipinski definition) is 5. The summed E-state index contributed by atoms with van der Waals surface area (Å²) in [5, 5.41) is 3.98. The molecule has 1 aromatic heterocycles. The molecule has 1 N–H and O–H groups in total. The highest BCUT2D eigenvalue weighted by Crippen LogP contribution is 2.45. The topological polar surface area (TPSA) is 90.9 Å². The van der Waals surface area contributed by atoms with Crippen molar-refractivity contribution in [2.24, 2.45) is 11.1 Å². The maximum absolute atomic E-state index is 13.1. The van der Waals surface area contributed by atoms with Crippen LogP contribution in [-0.4, -0.2) is 62.5 Å². The van der Waals surface area contributed by atoms with Gasteiger partial charge in [-0.3, -0.25) is 9.59 Å². The number of nitrogens with one attached hydrogen (secondary N) is 1. The molecule has 4 aliphatic rings. The molecule has 0 unspecified atom stereocenters. The highest BCUT2D eigenvalue weighted by atomic mass is 16.7. The van der Waals surface area contributed by atoms with E-state index in [1.807, 2.05) is 18.7 Å². The normalized spacial score (nSPS) is 28.7. The molecule has 1 saturated carbocycles. The number of piperidine rings is 1. The van der Waals surface area contributed by atoms with Crippen molar-refractivity contribution >= 4 is 17.5 Å². The molecule has 8 heteroatoms. The first-order valence-corrected chi connectivity index (χ1v) is 10.3. The van der Waals surface area contributed by atoms with Gasteiger partial charge in [0.1, 0.15) is 0 Å². The zero-order valence-electron chi connectivity index (χ0n) is 16.5. The summed E-state index contributed by atoms with van der Waals surface area (Å²) in [4.78, 5) is 43.4. The highest BCUT2D eigenvalue weighted by molar-refractivity contribution is 5.94. The van der Waals surface area contributed by atoms with E-state index in [0.717, 1.165) is 42.9 Å². The molecular weight excluding hydrogens is 358 g/mol. The Balaban J connectivity index is 1.38. The fraction of sp³-hybridized carbons (Fsp3) is 0.700. The van der Waals surface area contributed by atoms with Crippen molar-refractivity contribution in [3.8, 4) is 0 Å². The van der Waals surface area contributed by atoms with E-state index in [4.69, 9.17) is 4.84 Å². The Kier molecular flexibility index (Phi) is 3.83. The minimum absolute atomic E-state index is 0.0129. The molecule has 0 aromatic carbocycles. The first kappa shape index (κ1) is 17.7. The van der Waals surface area contributed by atoms with Crippen molar-refractivity contribution in [1.29, 1.82) is 0 Å². The van der Waals surface area contributed by atoms with Crippen molar-refractivity contribution in [2.75, 3.05) is 19.6 Å². The third kappa shape index (κ3) is 2.57. The van der Waals surface area contributed by atoms with Crippen LogP contribution in [0.15, 0.2) is 11.5 Å². The Morgan fingerprint density at radius 2 is 2.00 bits per heavy atom. The molecule has 0 bridgehead atoms. The van der Waals surface area contributed by atoms with Gasteiger partial charge in [0.15, 0.2) is 0 Å². The number of carbonyl (C=O) groups is 2. The molecule has 1 atom stereocenters. The number of likely N-dealkylation sites (tertiary alicyclic amines) is 1. The van der Waals surface area contributed by atoms with E-state index < -0.39 is 11.1 Å². The molecule has 28 heavy (non-hydrogen) atoms. The third-order valence-corrected chi connectivity index (χ3v) is 6.78. The highest BCUT2D eigenvalue weighted by Gasteiger charge is 2.53. The molecule has 0 radical (unpaired) electrons. The summed E-state index contributed by atoms with van der Waals surface area (Å²) in [6.07, 6.45) is 6.51. The SMILES string of the molecule is CC1=NO[C@@](C)(C(=O)N2CCC3(CC2)c2nc[nH]c2CCN3C(=O)C2CC2)C1. The quantitative estimate of drug-likeness (QED) is 0.837. The molecule has 150 valence electrons. The number of amides is 2. The Bertz CT molecular complexity index is 850. The number of carbonyl (C=O) groups excluding carboxylic acids is 2. The predicted molar refractivity (Wildman–Crippen MR) is 101 cm³/mol. The average Bonchev–Trinajstić information content (AvgIpc) is 3.32. The maximum Gasteiger partial charge on any atom is 0.269 e. The van der Waals surface area contributed by atoms with Crippen LogP contribution in [0, 0.1) is 5.92 Å². The van der Waals surface area contributed by atoms with E-state index >= 15 is 0 Å². The van der Waals surface area contributed by atoms with Crippen molar-refractivity contribution in [1.82, 2.24) is 19.8 Å². The van der Waals surface area contributed by atoms with E-state index in [0.29, 0.717) is 32.4 Å². The number of imidazole rings is 1. The van der Waals surface area contributed by atoms with Gasteiger partial charge in [0, 0.05) is 44.1 Å². The Morgan fingerprint density at radius 1 is 1.25 bits per heavy atom. The van der Waals surface area contributed by atoms with Crippen LogP contribution in [0.1, 0.15) is 57.3 Å². The molecule has 5 rings (SSSR count). The summed E-state index contributed by atoms with van der Waals surface area (Å²) in [7, 11) is 0. The monoisotopic (exact) mass is 385 g/mol. The third-order valence-electron chi connectivity index (χ3n) is 6.78. The summed E-state index contributed by atoms with van der Waals surface area (Å²) in [6.45, 7) is 5.61. The van der Waals surface area contributed by atoms with Crippen LogP contribution in [0.3, 0.4) is 0 Å². The van der Waals surface area contributed by atoms with E-state index in [1.54, 1.807) is 6.33 Å². The summed E-state index contributed by atoms with van der Waals surface area (Å²) in [5.74, 6) is 0.438. The fourth-order valence-corrected chi connectivity index (χ4v) is 5.12. The number of rotatable bonds is 2. The van der Waals surface area contributed by atoms with Crippen LogP contribution in [-0.2, 0) is 26.4 Å². The second kappa shape index (κ2) is 6.06. The number of oxime groups is 1. The predicted octanol–water partition coefficient (Wildman–Crippen LogP) is 1.58.